The monoisotopic (exact) mass is 551 g/mol. The summed E-state index contributed by atoms with van der Waals surface area (Å²) in [5, 5.41) is 9.27. The average Bonchev–Trinajstić information content (AvgIpc) is 3.61. The molecular weight excluding hydrogens is 506 g/mol. The summed E-state index contributed by atoms with van der Waals surface area (Å²) in [4.78, 5) is 47.9. The van der Waals surface area contributed by atoms with Gasteiger partial charge in [-0.15, -0.1) is 13.2 Å². The van der Waals surface area contributed by atoms with Gasteiger partial charge in [0.25, 0.3) is 0 Å². The van der Waals surface area contributed by atoms with E-state index < -0.39 is 29.6 Å². The minimum Gasteiger partial charge on any atom is -0.396 e. The third-order valence-electron chi connectivity index (χ3n) is 8.71. The molecule has 2 bridgehead atoms. The number of likely N-dealkylation sites (tertiary alicyclic amines) is 1. The fourth-order valence-corrected chi connectivity index (χ4v) is 6.94. The molecule has 3 aliphatic heterocycles. The number of rotatable bonds is 16. The topological polar surface area (TPSA) is 90.4 Å². The van der Waals surface area contributed by atoms with E-state index in [9.17, 15) is 19.5 Å². The molecule has 1 spiro atoms. The smallest absolute Gasteiger partial charge is 0.248 e. The maximum Gasteiger partial charge on any atom is 0.248 e. The summed E-state index contributed by atoms with van der Waals surface area (Å²) < 4.78 is 6.65. The van der Waals surface area contributed by atoms with Gasteiger partial charge < -0.3 is 24.5 Å². The van der Waals surface area contributed by atoms with Crippen LogP contribution in [-0.4, -0.2) is 83.2 Å². The standard InChI is InChI=1S/C32H45N3O5/c1-4-7-12-21-33(19-5-2)31(39)28-32-18-17-25(40-32)26(27(32)30(38)35(28)22-13-9-14-23-36)29(37)34(20-6-3)24-15-10-8-11-16-24/h5-6,8,10-11,15-16,25-28,36H,2-4,7,9,12-14,17-23H2,1H3/t25-,26+,27+,28?,32?/m1/s1. The normalized spacial score (nSPS) is 26.6. The second-order valence-corrected chi connectivity index (χ2v) is 11.2. The van der Waals surface area contributed by atoms with E-state index in [-0.39, 0.29) is 24.3 Å². The number of fused-ring (bicyclic) bond motifs is 1. The number of hydrogen-bond acceptors (Lipinski definition) is 5. The molecule has 0 saturated carbocycles. The number of aliphatic hydroxyl groups is 1. The lowest BCUT2D eigenvalue weighted by Gasteiger charge is -2.37. The summed E-state index contributed by atoms with van der Waals surface area (Å²) in [5.41, 5.74) is -0.270. The fraction of sp³-hybridized carbons (Fsp3) is 0.594. The highest BCUT2D eigenvalue weighted by Crippen LogP contribution is 2.59. The van der Waals surface area contributed by atoms with Crippen molar-refractivity contribution in [1.29, 1.82) is 0 Å². The van der Waals surface area contributed by atoms with Crippen LogP contribution < -0.4 is 4.90 Å². The number of hydrogen-bond donors (Lipinski definition) is 1. The van der Waals surface area contributed by atoms with Gasteiger partial charge in [-0.1, -0.05) is 50.1 Å². The zero-order chi connectivity index (χ0) is 28.7. The molecule has 1 aromatic rings. The van der Waals surface area contributed by atoms with Crippen molar-refractivity contribution in [2.45, 2.75) is 76.0 Å². The second-order valence-electron chi connectivity index (χ2n) is 11.2. The molecule has 2 unspecified atom stereocenters. The number of anilines is 1. The first-order valence-electron chi connectivity index (χ1n) is 14.9. The summed E-state index contributed by atoms with van der Waals surface area (Å²) >= 11 is 0. The van der Waals surface area contributed by atoms with Gasteiger partial charge in [-0.3, -0.25) is 14.4 Å². The molecule has 0 aromatic heterocycles. The van der Waals surface area contributed by atoms with Crippen LogP contribution in [0.1, 0.15) is 58.3 Å². The van der Waals surface area contributed by atoms with Gasteiger partial charge in [-0.2, -0.15) is 0 Å². The highest BCUT2D eigenvalue weighted by molar-refractivity contribution is 6.03. The summed E-state index contributed by atoms with van der Waals surface area (Å²) in [5.74, 6) is -1.81. The Bertz CT molecular complexity index is 1060. The molecule has 3 heterocycles. The summed E-state index contributed by atoms with van der Waals surface area (Å²) in [6.45, 7) is 11.6. The number of amides is 3. The van der Waals surface area contributed by atoms with Crippen molar-refractivity contribution in [3.05, 3.63) is 55.6 Å². The van der Waals surface area contributed by atoms with E-state index in [1.54, 1.807) is 26.9 Å². The van der Waals surface area contributed by atoms with Gasteiger partial charge in [0.05, 0.1) is 17.9 Å². The van der Waals surface area contributed by atoms with Crippen molar-refractivity contribution in [1.82, 2.24) is 9.80 Å². The fourth-order valence-electron chi connectivity index (χ4n) is 6.94. The second kappa shape index (κ2) is 13.6. The number of aliphatic hydroxyl groups excluding tert-OH is 1. The molecule has 5 atom stereocenters. The summed E-state index contributed by atoms with van der Waals surface area (Å²) in [6, 6.07) is 8.65. The number of carbonyl (C=O) groups is 3. The molecule has 1 aromatic carbocycles. The van der Waals surface area contributed by atoms with Gasteiger partial charge in [0, 0.05) is 38.5 Å². The first kappa shape index (κ1) is 30.0. The van der Waals surface area contributed by atoms with E-state index in [1.807, 2.05) is 30.3 Å². The molecule has 8 nitrogen and oxygen atoms in total. The Hall–Kier alpha value is -2.97. The molecule has 4 rings (SSSR count). The van der Waals surface area contributed by atoms with Gasteiger partial charge >= 0.3 is 0 Å². The first-order valence-corrected chi connectivity index (χ1v) is 14.9. The molecule has 218 valence electrons. The third-order valence-corrected chi connectivity index (χ3v) is 8.71. The Morgan fingerprint density at radius 2 is 1.82 bits per heavy atom. The first-order chi connectivity index (χ1) is 19.4. The van der Waals surface area contributed by atoms with Crippen molar-refractivity contribution in [2.24, 2.45) is 11.8 Å². The number of benzene rings is 1. The van der Waals surface area contributed by atoms with E-state index in [0.717, 1.165) is 31.4 Å². The van der Waals surface area contributed by atoms with Crippen molar-refractivity contribution < 1.29 is 24.2 Å². The van der Waals surface area contributed by atoms with Gasteiger partial charge in [0.1, 0.15) is 11.6 Å². The molecule has 3 amide bonds. The maximum absolute atomic E-state index is 14.3. The Kier molecular flexibility index (Phi) is 10.2. The lowest BCUT2D eigenvalue weighted by atomic mass is 9.70. The van der Waals surface area contributed by atoms with Gasteiger partial charge in [-0.25, -0.2) is 0 Å². The van der Waals surface area contributed by atoms with Crippen LogP contribution in [0.15, 0.2) is 55.6 Å². The number of para-hydroxylation sites is 1. The molecule has 0 aliphatic carbocycles. The van der Waals surface area contributed by atoms with Crippen LogP contribution in [0.3, 0.4) is 0 Å². The van der Waals surface area contributed by atoms with Crippen molar-refractivity contribution in [3.63, 3.8) is 0 Å². The van der Waals surface area contributed by atoms with Crippen LogP contribution in [0.5, 0.6) is 0 Å². The van der Waals surface area contributed by atoms with Crippen LogP contribution >= 0.6 is 0 Å². The predicted octanol–water partition coefficient (Wildman–Crippen LogP) is 3.95. The minimum atomic E-state index is -1.02. The van der Waals surface area contributed by atoms with Crippen LogP contribution in [0, 0.1) is 11.8 Å². The summed E-state index contributed by atoms with van der Waals surface area (Å²) in [6.07, 6.45) is 9.21. The molecule has 3 saturated heterocycles. The Morgan fingerprint density at radius 1 is 1.07 bits per heavy atom. The number of unbranched alkanes of at least 4 members (excludes halogenated alkanes) is 4. The Morgan fingerprint density at radius 3 is 2.50 bits per heavy atom. The van der Waals surface area contributed by atoms with Crippen LogP contribution in [-0.2, 0) is 19.1 Å². The van der Waals surface area contributed by atoms with Gasteiger partial charge in [0.2, 0.25) is 17.7 Å². The predicted molar refractivity (Wildman–Crippen MR) is 156 cm³/mol. The van der Waals surface area contributed by atoms with Gasteiger partial charge in [-0.05, 0) is 50.7 Å². The van der Waals surface area contributed by atoms with Crippen LogP contribution in [0.4, 0.5) is 5.69 Å². The maximum atomic E-state index is 14.3. The lowest BCUT2D eigenvalue weighted by Crippen LogP contribution is -2.56. The molecule has 40 heavy (non-hydrogen) atoms. The quantitative estimate of drug-likeness (QED) is 0.248. The van der Waals surface area contributed by atoms with E-state index in [0.29, 0.717) is 51.9 Å². The van der Waals surface area contributed by atoms with Crippen molar-refractivity contribution in [3.8, 4) is 0 Å². The largest absolute Gasteiger partial charge is 0.396 e. The van der Waals surface area contributed by atoms with E-state index in [4.69, 9.17) is 4.74 Å². The Balaban J connectivity index is 1.69. The van der Waals surface area contributed by atoms with Gasteiger partial charge in [0.15, 0.2) is 0 Å². The van der Waals surface area contributed by atoms with E-state index >= 15 is 0 Å². The molecule has 0 radical (unpaired) electrons. The molecule has 1 N–H and O–H groups in total. The average molecular weight is 552 g/mol. The van der Waals surface area contributed by atoms with Crippen molar-refractivity contribution >= 4 is 23.4 Å². The third kappa shape index (κ3) is 5.61. The molecule has 3 aliphatic rings. The van der Waals surface area contributed by atoms with E-state index in [1.165, 1.54) is 0 Å². The highest BCUT2D eigenvalue weighted by Gasteiger charge is 2.74. The van der Waals surface area contributed by atoms with Crippen LogP contribution in [0.2, 0.25) is 0 Å². The highest BCUT2D eigenvalue weighted by atomic mass is 16.5. The number of carbonyl (C=O) groups excluding carboxylic acids is 3. The zero-order valence-electron chi connectivity index (χ0n) is 23.9. The Labute approximate surface area is 238 Å². The number of ether oxygens (including phenoxy) is 1. The molecular formula is C32H45N3O5. The lowest BCUT2D eigenvalue weighted by molar-refractivity contribution is -0.147. The molecule has 3 fully saturated rings. The SMILES string of the molecule is C=CCN(CCCCC)C(=O)C1N(CCCCCO)C(=O)[C@@H]2[C@@H](C(=O)N(CC=C)c3ccccc3)[C@H]3CCC12O3. The van der Waals surface area contributed by atoms with Crippen LogP contribution in [0.25, 0.3) is 0 Å². The molecule has 8 heteroatoms. The number of nitrogens with zero attached hydrogens (tertiary/aromatic N) is 3. The van der Waals surface area contributed by atoms with E-state index in [2.05, 4.69) is 20.1 Å². The van der Waals surface area contributed by atoms with Crippen molar-refractivity contribution in [2.75, 3.05) is 37.7 Å². The summed E-state index contributed by atoms with van der Waals surface area (Å²) in [7, 11) is 0. The zero-order valence-corrected chi connectivity index (χ0v) is 23.9. The minimum absolute atomic E-state index is 0.0907.